The number of fused-ring (bicyclic) bond motifs is 1. The Kier molecular flexibility index (Phi) is 3.27. The molecule has 0 aliphatic carbocycles. The number of H-pyrrole nitrogens is 1. The number of aromatic nitrogens is 3. The Hall–Kier alpha value is -2.40. The highest BCUT2D eigenvalue weighted by Gasteiger charge is 2.16. The normalized spacial score (nSPS) is 16.3. The van der Waals surface area contributed by atoms with Gasteiger partial charge in [0.25, 0.3) is 0 Å². The number of nitrogens with zero attached hydrogens (tertiary/aromatic N) is 4. The molecule has 0 bridgehead atoms. The van der Waals surface area contributed by atoms with Crippen molar-refractivity contribution in [3.63, 3.8) is 0 Å². The lowest BCUT2D eigenvalue weighted by Crippen LogP contribution is -2.44. The lowest BCUT2D eigenvalue weighted by Gasteiger charge is -2.33. The number of piperazine rings is 1. The van der Waals surface area contributed by atoms with Gasteiger partial charge >= 0.3 is 0 Å². The Labute approximate surface area is 129 Å². The van der Waals surface area contributed by atoms with E-state index in [1.165, 1.54) is 11.1 Å². The van der Waals surface area contributed by atoms with Crippen LogP contribution in [0.3, 0.4) is 0 Å². The van der Waals surface area contributed by atoms with E-state index in [0.29, 0.717) is 0 Å². The summed E-state index contributed by atoms with van der Waals surface area (Å²) in [6.45, 7) is 4.23. The van der Waals surface area contributed by atoms with Gasteiger partial charge in [-0.15, -0.1) is 0 Å². The fraction of sp³-hybridized carbons (Fsp3) is 0.294. The molecule has 4 heterocycles. The van der Waals surface area contributed by atoms with Crippen molar-refractivity contribution in [1.29, 1.82) is 0 Å². The Morgan fingerprint density at radius 3 is 2.77 bits per heavy atom. The maximum atomic E-state index is 4.56. The Morgan fingerprint density at radius 1 is 1.05 bits per heavy atom. The minimum atomic E-state index is 0.926. The van der Waals surface area contributed by atoms with Crippen LogP contribution in [0.5, 0.6) is 0 Å². The van der Waals surface area contributed by atoms with Gasteiger partial charge in [0.2, 0.25) is 0 Å². The van der Waals surface area contributed by atoms with E-state index in [2.05, 4.69) is 50.0 Å². The molecule has 1 aliphatic heterocycles. The van der Waals surface area contributed by atoms with Crippen molar-refractivity contribution in [2.24, 2.45) is 0 Å². The van der Waals surface area contributed by atoms with Gasteiger partial charge in [-0.2, -0.15) is 0 Å². The van der Waals surface area contributed by atoms with Gasteiger partial charge in [-0.25, -0.2) is 9.97 Å². The monoisotopic (exact) mass is 293 g/mol. The first-order valence-corrected chi connectivity index (χ1v) is 7.63. The van der Waals surface area contributed by atoms with Gasteiger partial charge in [-0.05, 0) is 36.9 Å². The molecule has 22 heavy (non-hydrogen) atoms. The number of aromatic amines is 1. The van der Waals surface area contributed by atoms with E-state index in [4.69, 9.17) is 0 Å². The molecule has 1 fully saturated rings. The third-order valence-corrected chi connectivity index (χ3v) is 4.33. The van der Waals surface area contributed by atoms with Crippen LogP contribution in [0, 0.1) is 0 Å². The van der Waals surface area contributed by atoms with Gasteiger partial charge in [0, 0.05) is 55.7 Å². The van der Waals surface area contributed by atoms with Gasteiger partial charge in [-0.1, -0.05) is 0 Å². The number of anilines is 1. The minimum absolute atomic E-state index is 0.926. The molecule has 1 N–H and O–H groups in total. The van der Waals surface area contributed by atoms with Gasteiger partial charge in [0.05, 0.1) is 0 Å². The van der Waals surface area contributed by atoms with Crippen LogP contribution in [-0.4, -0.2) is 53.1 Å². The molecule has 0 spiro atoms. The first-order chi connectivity index (χ1) is 10.8. The predicted molar refractivity (Wildman–Crippen MR) is 89.0 cm³/mol. The van der Waals surface area contributed by atoms with Crippen LogP contribution in [0.2, 0.25) is 0 Å². The molecule has 3 aromatic heterocycles. The summed E-state index contributed by atoms with van der Waals surface area (Å²) in [6, 6.07) is 8.32. The molecule has 1 aliphatic rings. The molecule has 3 aromatic rings. The predicted octanol–water partition coefficient (Wildman–Crippen LogP) is 2.38. The zero-order valence-corrected chi connectivity index (χ0v) is 12.7. The smallest absolute Gasteiger partial charge is 0.137 e. The Balaban J connectivity index is 1.70. The number of pyridine rings is 2. The van der Waals surface area contributed by atoms with Crippen LogP contribution >= 0.6 is 0 Å². The average Bonchev–Trinajstić information content (AvgIpc) is 3.00. The lowest BCUT2D eigenvalue weighted by molar-refractivity contribution is 0.312. The molecule has 0 amide bonds. The van der Waals surface area contributed by atoms with Crippen LogP contribution in [0.1, 0.15) is 0 Å². The van der Waals surface area contributed by atoms with Gasteiger partial charge in [0.1, 0.15) is 11.5 Å². The van der Waals surface area contributed by atoms with Crippen molar-refractivity contribution in [3.8, 4) is 11.1 Å². The van der Waals surface area contributed by atoms with Crippen molar-refractivity contribution in [3.05, 3.63) is 42.9 Å². The molecule has 0 radical (unpaired) electrons. The Bertz CT molecular complexity index is 786. The SMILES string of the molecule is CN1CCN(c2cc(-c3c[nH]c4ncccc34)ccn2)CC1. The maximum Gasteiger partial charge on any atom is 0.137 e. The van der Waals surface area contributed by atoms with Crippen LogP contribution < -0.4 is 4.90 Å². The minimum Gasteiger partial charge on any atom is -0.354 e. The summed E-state index contributed by atoms with van der Waals surface area (Å²) in [4.78, 5) is 16.9. The second-order valence-corrected chi connectivity index (χ2v) is 5.79. The van der Waals surface area contributed by atoms with Crippen molar-refractivity contribution < 1.29 is 0 Å². The number of likely N-dealkylation sites (N-methyl/N-ethyl adjacent to an activating group) is 1. The Morgan fingerprint density at radius 2 is 1.91 bits per heavy atom. The van der Waals surface area contributed by atoms with Crippen molar-refractivity contribution in [1.82, 2.24) is 19.9 Å². The highest BCUT2D eigenvalue weighted by atomic mass is 15.3. The van der Waals surface area contributed by atoms with Crippen molar-refractivity contribution in [2.75, 3.05) is 38.1 Å². The molecular weight excluding hydrogens is 274 g/mol. The second-order valence-electron chi connectivity index (χ2n) is 5.79. The largest absolute Gasteiger partial charge is 0.354 e. The highest BCUT2D eigenvalue weighted by Crippen LogP contribution is 2.29. The van der Waals surface area contributed by atoms with Crippen LogP contribution in [0.4, 0.5) is 5.82 Å². The number of rotatable bonds is 2. The quantitative estimate of drug-likeness (QED) is 0.788. The zero-order chi connectivity index (χ0) is 14.9. The number of hydrogen-bond acceptors (Lipinski definition) is 4. The molecule has 5 nitrogen and oxygen atoms in total. The van der Waals surface area contributed by atoms with Crippen molar-refractivity contribution >= 4 is 16.9 Å². The summed E-state index contributed by atoms with van der Waals surface area (Å²) in [7, 11) is 2.17. The van der Waals surface area contributed by atoms with E-state index in [0.717, 1.165) is 43.0 Å². The number of hydrogen-bond donors (Lipinski definition) is 1. The van der Waals surface area contributed by atoms with E-state index in [9.17, 15) is 0 Å². The van der Waals surface area contributed by atoms with Gasteiger partial charge in [-0.3, -0.25) is 0 Å². The van der Waals surface area contributed by atoms with E-state index >= 15 is 0 Å². The summed E-state index contributed by atoms with van der Waals surface area (Å²) in [6.07, 6.45) is 5.74. The summed E-state index contributed by atoms with van der Waals surface area (Å²) in [5.74, 6) is 1.06. The molecule has 5 heteroatoms. The van der Waals surface area contributed by atoms with Crippen LogP contribution in [-0.2, 0) is 0 Å². The molecule has 0 atom stereocenters. The molecule has 112 valence electrons. The fourth-order valence-electron chi connectivity index (χ4n) is 2.99. The summed E-state index contributed by atoms with van der Waals surface area (Å²) >= 11 is 0. The molecule has 1 saturated heterocycles. The maximum absolute atomic E-state index is 4.56. The third kappa shape index (κ3) is 2.33. The highest BCUT2D eigenvalue weighted by molar-refractivity contribution is 5.93. The molecule has 0 unspecified atom stereocenters. The zero-order valence-electron chi connectivity index (χ0n) is 12.7. The fourth-order valence-corrected chi connectivity index (χ4v) is 2.99. The van der Waals surface area contributed by atoms with E-state index < -0.39 is 0 Å². The lowest BCUT2D eigenvalue weighted by atomic mass is 10.1. The molecular formula is C17H19N5. The summed E-state index contributed by atoms with van der Waals surface area (Å²) < 4.78 is 0. The first-order valence-electron chi connectivity index (χ1n) is 7.63. The summed E-state index contributed by atoms with van der Waals surface area (Å²) in [5, 5.41) is 1.15. The molecule has 0 saturated carbocycles. The second kappa shape index (κ2) is 5.42. The number of nitrogens with one attached hydrogen (secondary N) is 1. The molecule has 4 rings (SSSR count). The topological polar surface area (TPSA) is 48.0 Å². The van der Waals surface area contributed by atoms with Gasteiger partial charge < -0.3 is 14.8 Å². The van der Waals surface area contributed by atoms with Gasteiger partial charge in [0.15, 0.2) is 0 Å². The standard InChI is InChI=1S/C17H19N5/c1-21-7-9-22(10-8-21)16-11-13(4-6-18-16)15-12-20-17-14(15)3-2-5-19-17/h2-6,11-12H,7-10H2,1H3,(H,19,20). The average molecular weight is 293 g/mol. The van der Waals surface area contributed by atoms with Crippen LogP contribution in [0.15, 0.2) is 42.9 Å². The van der Waals surface area contributed by atoms with E-state index in [1.807, 2.05) is 24.7 Å². The van der Waals surface area contributed by atoms with E-state index in [-0.39, 0.29) is 0 Å². The van der Waals surface area contributed by atoms with Crippen LogP contribution in [0.25, 0.3) is 22.2 Å². The van der Waals surface area contributed by atoms with Crippen molar-refractivity contribution in [2.45, 2.75) is 0 Å². The first kappa shape index (κ1) is 13.3. The summed E-state index contributed by atoms with van der Waals surface area (Å²) in [5.41, 5.74) is 3.29. The molecule has 0 aromatic carbocycles. The van der Waals surface area contributed by atoms with E-state index in [1.54, 1.807) is 0 Å². The third-order valence-electron chi connectivity index (χ3n) is 4.33.